The van der Waals surface area contributed by atoms with Crippen molar-refractivity contribution in [3.8, 4) is 5.75 Å². The zero-order valence-corrected chi connectivity index (χ0v) is 17.5. The maximum Gasteiger partial charge on any atom is 0.123 e. The van der Waals surface area contributed by atoms with Crippen molar-refractivity contribution < 1.29 is 14.9 Å². The van der Waals surface area contributed by atoms with E-state index in [9.17, 15) is 10.2 Å². The lowest BCUT2D eigenvalue weighted by atomic mass is 9.90. The Balaban J connectivity index is 2.60. The summed E-state index contributed by atoms with van der Waals surface area (Å²) in [6.45, 7) is 14.1. The van der Waals surface area contributed by atoms with Gasteiger partial charge in [0.15, 0.2) is 0 Å². The summed E-state index contributed by atoms with van der Waals surface area (Å²) in [5.74, 6) is 0.260. The second kappa shape index (κ2) is 8.70. The van der Waals surface area contributed by atoms with Crippen LogP contribution in [0.5, 0.6) is 5.75 Å². The topological polar surface area (TPSA) is 49.7 Å². The van der Waals surface area contributed by atoms with Crippen LogP contribution >= 0.6 is 0 Å². The van der Waals surface area contributed by atoms with E-state index >= 15 is 0 Å². The van der Waals surface area contributed by atoms with Crippen LogP contribution in [0.3, 0.4) is 0 Å². The molecule has 144 valence electrons. The zero-order valence-electron chi connectivity index (χ0n) is 16.5. The molecule has 0 bridgehead atoms. The van der Waals surface area contributed by atoms with Crippen LogP contribution in [-0.2, 0) is 5.22 Å². The van der Waals surface area contributed by atoms with Crippen molar-refractivity contribution >= 4 is 13.3 Å². The van der Waals surface area contributed by atoms with E-state index in [2.05, 4.69) is 38.4 Å². The molecular weight excluding hydrogens is 352 g/mol. The molecule has 0 amide bonds. The van der Waals surface area contributed by atoms with Crippen molar-refractivity contribution in [2.24, 2.45) is 5.92 Å². The van der Waals surface area contributed by atoms with Gasteiger partial charge in [0.25, 0.3) is 0 Å². The molecule has 2 atom stereocenters. The van der Waals surface area contributed by atoms with Crippen LogP contribution in [-0.4, -0.2) is 31.5 Å². The molecule has 2 aromatic rings. The number of aliphatic hydroxyl groups is 2. The van der Waals surface area contributed by atoms with Gasteiger partial charge in [0.2, 0.25) is 0 Å². The number of hydrogen-bond donors (Lipinski definition) is 2. The van der Waals surface area contributed by atoms with E-state index in [0.717, 1.165) is 22.1 Å². The average Bonchev–Trinajstić information content (AvgIpc) is 2.67. The summed E-state index contributed by atoms with van der Waals surface area (Å²) >= 11 is 0. The molecule has 3 nitrogen and oxygen atoms in total. The number of benzene rings is 2. The standard InChI is InChI=1S/C23H30O3Si/c1-6-16-26-20-14-12-19(13-15-20)23(25,22(17-24)18(2)3)27(4,5)21-10-8-7-9-11-21/h6-15,22,24-25H,1-2,16-17H2,3-5H3/t22-,23-/m0/s1. The highest BCUT2D eigenvalue weighted by atomic mass is 28.3. The minimum Gasteiger partial charge on any atom is -0.490 e. The molecule has 4 heteroatoms. The molecule has 0 saturated carbocycles. The van der Waals surface area contributed by atoms with Crippen molar-refractivity contribution in [1.82, 2.24) is 0 Å². The van der Waals surface area contributed by atoms with Gasteiger partial charge in [0, 0.05) is 5.92 Å². The molecule has 0 aliphatic carbocycles. The fourth-order valence-electron chi connectivity index (χ4n) is 3.68. The number of aliphatic hydroxyl groups excluding tert-OH is 1. The van der Waals surface area contributed by atoms with Gasteiger partial charge in [0.05, 0.1) is 11.8 Å². The van der Waals surface area contributed by atoms with Crippen LogP contribution in [0.4, 0.5) is 0 Å². The molecule has 0 aromatic heterocycles. The van der Waals surface area contributed by atoms with Crippen molar-refractivity contribution in [2.75, 3.05) is 13.2 Å². The third-order valence-corrected chi connectivity index (χ3v) is 9.71. The Morgan fingerprint density at radius 3 is 2.22 bits per heavy atom. The number of rotatable bonds is 9. The van der Waals surface area contributed by atoms with Crippen LogP contribution in [0.15, 0.2) is 79.4 Å². The quantitative estimate of drug-likeness (QED) is 0.513. The van der Waals surface area contributed by atoms with E-state index < -0.39 is 19.2 Å². The first kappa shape index (κ1) is 21.2. The molecule has 0 heterocycles. The maximum atomic E-state index is 12.1. The normalized spacial score (nSPS) is 14.9. The first-order valence-corrected chi connectivity index (χ1v) is 12.2. The molecule has 2 aromatic carbocycles. The second-order valence-corrected chi connectivity index (χ2v) is 12.1. The Morgan fingerprint density at radius 2 is 1.74 bits per heavy atom. The summed E-state index contributed by atoms with van der Waals surface area (Å²) < 4.78 is 5.57. The molecule has 2 N–H and O–H groups in total. The van der Waals surface area contributed by atoms with Gasteiger partial charge in [-0.2, -0.15) is 0 Å². The zero-order chi connectivity index (χ0) is 20.1. The summed E-state index contributed by atoms with van der Waals surface area (Å²) in [5.41, 5.74) is 1.54. The minimum absolute atomic E-state index is 0.163. The molecule has 2 rings (SSSR count). The van der Waals surface area contributed by atoms with Gasteiger partial charge in [-0.1, -0.05) is 85.6 Å². The van der Waals surface area contributed by atoms with Gasteiger partial charge < -0.3 is 14.9 Å². The molecule has 0 spiro atoms. The lowest BCUT2D eigenvalue weighted by Gasteiger charge is -2.47. The molecule has 0 unspecified atom stereocenters. The van der Waals surface area contributed by atoms with Gasteiger partial charge in [-0.05, 0) is 24.6 Å². The van der Waals surface area contributed by atoms with Crippen molar-refractivity contribution in [3.63, 3.8) is 0 Å². The molecule has 0 aliphatic heterocycles. The van der Waals surface area contributed by atoms with E-state index in [0.29, 0.717) is 6.61 Å². The van der Waals surface area contributed by atoms with E-state index in [4.69, 9.17) is 4.74 Å². The Kier molecular flexibility index (Phi) is 6.82. The van der Waals surface area contributed by atoms with Gasteiger partial charge in [-0.25, -0.2) is 0 Å². The predicted molar refractivity (Wildman–Crippen MR) is 115 cm³/mol. The molecular formula is C23H30O3Si. The fourth-order valence-corrected chi connectivity index (χ4v) is 7.24. The summed E-state index contributed by atoms with van der Waals surface area (Å²) in [4.78, 5) is 0. The average molecular weight is 383 g/mol. The minimum atomic E-state index is -2.49. The first-order chi connectivity index (χ1) is 12.8. The molecule has 0 saturated heterocycles. The van der Waals surface area contributed by atoms with Crippen LogP contribution in [0.2, 0.25) is 13.1 Å². The summed E-state index contributed by atoms with van der Waals surface area (Å²) in [5, 5.41) is 22.2. The highest BCUT2D eigenvalue weighted by molar-refractivity contribution is 6.91. The Morgan fingerprint density at radius 1 is 1.15 bits per heavy atom. The number of ether oxygens (including phenoxy) is 1. The van der Waals surface area contributed by atoms with E-state index in [1.807, 2.05) is 49.4 Å². The Bertz CT molecular complexity index is 768. The largest absolute Gasteiger partial charge is 0.490 e. The summed E-state index contributed by atoms with van der Waals surface area (Å²) in [6, 6.07) is 17.6. The molecule has 0 radical (unpaired) electrons. The number of hydrogen-bond acceptors (Lipinski definition) is 3. The predicted octanol–water partition coefficient (Wildman–Crippen LogP) is 3.78. The fraction of sp³-hybridized carbons (Fsp3) is 0.304. The van der Waals surface area contributed by atoms with E-state index in [1.54, 1.807) is 6.08 Å². The Hall–Kier alpha value is -2.14. The van der Waals surface area contributed by atoms with Gasteiger partial charge in [-0.15, -0.1) is 0 Å². The summed E-state index contributed by atoms with van der Waals surface area (Å²) in [6.07, 6.45) is 1.69. The van der Waals surface area contributed by atoms with Gasteiger partial charge in [-0.3, -0.25) is 0 Å². The SMILES string of the molecule is C=CCOc1ccc([C@@](O)([C@@H](CO)C(=C)C)[Si](C)(C)c2ccccc2)cc1. The molecule has 0 aliphatic rings. The van der Waals surface area contributed by atoms with Crippen molar-refractivity contribution in [2.45, 2.75) is 25.2 Å². The first-order valence-electron chi connectivity index (χ1n) is 9.17. The lowest BCUT2D eigenvalue weighted by Crippen LogP contribution is -2.64. The monoisotopic (exact) mass is 382 g/mol. The summed E-state index contributed by atoms with van der Waals surface area (Å²) in [7, 11) is -2.49. The smallest absolute Gasteiger partial charge is 0.123 e. The third-order valence-electron chi connectivity index (χ3n) is 5.39. The van der Waals surface area contributed by atoms with Crippen molar-refractivity contribution in [3.05, 3.63) is 85.0 Å². The van der Waals surface area contributed by atoms with Crippen LogP contribution in [0.1, 0.15) is 12.5 Å². The highest BCUT2D eigenvalue weighted by Crippen LogP contribution is 2.41. The van der Waals surface area contributed by atoms with Crippen LogP contribution in [0, 0.1) is 5.92 Å². The molecule has 27 heavy (non-hydrogen) atoms. The molecule has 0 fully saturated rings. The highest BCUT2D eigenvalue weighted by Gasteiger charge is 2.52. The van der Waals surface area contributed by atoms with E-state index in [-0.39, 0.29) is 6.61 Å². The second-order valence-electron chi connectivity index (χ2n) is 7.46. The lowest BCUT2D eigenvalue weighted by molar-refractivity contribution is 0.0360. The van der Waals surface area contributed by atoms with E-state index in [1.165, 1.54) is 0 Å². The van der Waals surface area contributed by atoms with Crippen molar-refractivity contribution in [1.29, 1.82) is 0 Å². The van der Waals surface area contributed by atoms with Crippen LogP contribution < -0.4 is 9.92 Å². The van der Waals surface area contributed by atoms with Gasteiger partial charge >= 0.3 is 0 Å². The maximum absolute atomic E-state index is 12.1. The Labute approximate surface area is 163 Å². The van der Waals surface area contributed by atoms with Gasteiger partial charge in [0.1, 0.15) is 20.4 Å². The third kappa shape index (κ3) is 4.08. The van der Waals surface area contributed by atoms with Crippen LogP contribution in [0.25, 0.3) is 0 Å².